The predicted molar refractivity (Wildman–Crippen MR) is 60.0 cm³/mol. The second-order valence-corrected chi connectivity index (χ2v) is 4.00. The van der Waals surface area contributed by atoms with E-state index < -0.39 is 11.7 Å². The first-order valence-corrected chi connectivity index (χ1v) is 5.38. The first-order chi connectivity index (χ1) is 7.93. The van der Waals surface area contributed by atoms with E-state index in [-0.39, 0.29) is 11.7 Å². The van der Waals surface area contributed by atoms with Gasteiger partial charge < -0.3 is 10.1 Å². The Labute approximate surface area is 98.8 Å². The number of nitrogens with one attached hydrogen (secondary N) is 1. The molecule has 1 aromatic carbocycles. The van der Waals surface area contributed by atoms with Crippen LogP contribution in [0.3, 0.4) is 0 Å². The Morgan fingerprint density at radius 3 is 2.65 bits per heavy atom. The number of hydrogen-bond acceptors (Lipinski definition) is 2. The van der Waals surface area contributed by atoms with Gasteiger partial charge >= 0.3 is 6.18 Å². The van der Waals surface area contributed by atoms with Gasteiger partial charge in [-0.15, -0.1) is 0 Å². The van der Waals surface area contributed by atoms with E-state index >= 15 is 0 Å². The molecule has 1 atom stereocenters. The van der Waals surface area contributed by atoms with Crippen molar-refractivity contribution in [2.24, 2.45) is 5.92 Å². The van der Waals surface area contributed by atoms with Gasteiger partial charge in [-0.2, -0.15) is 13.2 Å². The molecular weight excluding hydrogens is 231 g/mol. The summed E-state index contributed by atoms with van der Waals surface area (Å²) in [5.41, 5.74) is -0.684. The SMILES string of the molecule is CNCC(C)COc1cccc(C(F)(F)F)c1. The van der Waals surface area contributed by atoms with Crippen LogP contribution >= 0.6 is 0 Å². The van der Waals surface area contributed by atoms with Gasteiger partial charge in [0.05, 0.1) is 12.2 Å². The minimum atomic E-state index is -4.32. The average Bonchev–Trinajstić information content (AvgIpc) is 2.26. The largest absolute Gasteiger partial charge is 0.493 e. The first-order valence-electron chi connectivity index (χ1n) is 5.38. The van der Waals surface area contributed by atoms with E-state index in [2.05, 4.69) is 5.32 Å². The molecule has 96 valence electrons. The van der Waals surface area contributed by atoms with Crippen molar-refractivity contribution >= 4 is 0 Å². The Kier molecular flexibility index (Phi) is 4.81. The van der Waals surface area contributed by atoms with Crippen molar-refractivity contribution in [3.63, 3.8) is 0 Å². The third kappa shape index (κ3) is 4.65. The lowest BCUT2D eigenvalue weighted by atomic mass is 10.2. The molecule has 2 nitrogen and oxygen atoms in total. The van der Waals surface area contributed by atoms with Crippen LogP contribution in [0.5, 0.6) is 5.75 Å². The van der Waals surface area contributed by atoms with Crippen LogP contribution in [0.4, 0.5) is 13.2 Å². The van der Waals surface area contributed by atoms with Crippen LogP contribution in [0.1, 0.15) is 12.5 Å². The lowest BCUT2D eigenvalue weighted by Crippen LogP contribution is -2.21. The molecule has 5 heteroatoms. The Hall–Kier alpha value is -1.23. The van der Waals surface area contributed by atoms with E-state index in [1.807, 2.05) is 14.0 Å². The van der Waals surface area contributed by atoms with Crippen molar-refractivity contribution in [2.45, 2.75) is 13.1 Å². The van der Waals surface area contributed by atoms with Crippen molar-refractivity contribution in [1.29, 1.82) is 0 Å². The van der Waals surface area contributed by atoms with Gasteiger partial charge in [-0.25, -0.2) is 0 Å². The molecule has 0 aromatic heterocycles. The molecule has 1 aromatic rings. The van der Waals surface area contributed by atoms with Gasteiger partial charge in [0.1, 0.15) is 5.75 Å². The molecule has 1 rings (SSSR count). The van der Waals surface area contributed by atoms with E-state index in [0.717, 1.165) is 18.7 Å². The third-order valence-electron chi connectivity index (χ3n) is 2.25. The van der Waals surface area contributed by atoms with E-state index in [1.165, 1.54) is 12.1 Å². The second kappa shape index (κ2) is 5.91. The van der Waals surface area contributed by atoms with E-state index in [9.17, 15) is 13.2 Å². The fourth-order valence-corrected chi connectivity index (χ4v) is 1.41. The highest BCUT2D eigenvalue weighted by atomic mass is 19.4. The monoisotopic (exact) mass is 247 g/mol. The number of alkyl halides is 3. The minimum absolute atomic E-state index is 0.245. The van der Waals surface area contributed by atoms with Gasteiger partial charge in [0.25, 0.3) is 0 Å². The maximum atomic E-state index is 12.4. The van der Waals surface area contributed by atoms with E-state index in [0.29, 0.717) is 6.61 Å². The van der Waals surface area contributed by atoms with Gasteiger partial charge in [-0.05, 0) is 25.2 Å². The van der Waals surface area contributed by atoms with Crippen molar-refractivity contribution < 1.29 is 17.9 Å². The summed E-state index contributed by atoms with van der Waals surface area (Å²) in [6.07, 6.45) is -4.32. The van der Waals surface area contributed by atoms with Crippen molar-refractivity contribution in [3.05, 3.63) is 29.8 Å². The van der Waals surface area contributed by atoms with Gasteiger partial charge in [0, 0.05) is 12.5 Å². The molecule has 0 heterocycles. The molecule has 0 saturated heterocycles. The zero-order chi connectivity index (χ0) is 12.9. The summed E-state index contributed by atoms with van der Waals surface area (Å²) < 4.78 is 42.6. The van der Waals surface area contributed by atoms with Crippen LogP contribution in [0, 0.1) is 5.92 Å². The standard InChI is InChI=1S/C12H16F3NO/c1-9(7-16-2)8-17-11-5-3-4-10(6-11)12(13,14)15/h3-6,9,16H,7-8H2,1-2H3. The highest BCUT2D eigenvalue weighted by molar-refractivity contribution is 5.30. The molecule has 0 aliphatic heterocycles. The predicted octanol–water partition coefficient (Wildman–Crippen LogP) is 2.94. The van der Waals surface area contributed by atoms with Crippen LogP contribution < -0.4 is 10.1 Å². The average molecular weight is 247 g/mol. The number of ether oxygens (including phenoxy) is 1. The quantitative estimate of drug-likeness (QED) is 0.863. The van der Waals surface area contributed by atoms with Gasteiger partial charge in [-0.3, -0.25) is 0 Å². The molecule has 0 amide bonds. The Morgan fingerprint density at radius 2 is 2.06 bits per heavy atom. The molecule has 0 bridgehead atoms. The molecule has 0 radical (unpaired) electrons. The van der Waals surface area contributed by atoms with Gasteiger partial charge in [0.15, 0.2) is 0 Å². The van der Waals surface area contributed by atoms with Crippen molar-refractivity contribution in [2.75, 3.05) is 20.2 Å². The maximum absolute atomic E-state index is 12.4. The van der Waals surface area contributed by atoms with E-state index in [1.54, 1.807) is 0 Å². The summed E-state index contributed by atoms with van der Waals surface area (Å²) in [6, 6.07) is 4.93. The Balaban J connectivity index is 2.60. The molecular formula is C12H16F3NO. The minimum Gasteiger partial charge on any atom is -0.493 e. The van der Waals surface area contributed by atoms with Crippen LogP contribution in [0.2, 0.25) is 0 Å². The fourth-order valence-electron chi connectivity index (χ4n) is 1.41. The summed E-state index contributed by atoms with van der Waals surface area (Å²) in [7, 11) is 1.82. The zero-order valence-electron chi connectivity index (χ0n) is 9.84. The molecule has 17 heavy (non-hydrogen) atoms. The molecule has 0 spiro atoms. The molecule has 1 N–H and O–H groups in total. The topological polar surface area (TPSA) is 21.3 Å². The first kappa shape index (κ1) is 13.8. The van der Waals surface area contributed by atoms with Crippen molar-refractivity contribution in [3.8, 4) is 5.75 Å². The molecule has 0 aliphatic rings. The molecule has 1 unspecified atom stereocenters. The van der Waals surface area contributed by atoms with Crippen LogP contribution in [-0.2, 0) is 6.18 Å². The smallest absolute Gasteiger partial charge is 0.416 e. The van der Waals surface area contributed by atoms with Gasteiger partial charge in [-0.1, -0.05) is 13.0 Å². The number of rotatable bonds is 5. The zero-order valence-corrected chi connectivity index (χ0v) is 9.84. The fraction of sp³-hybridized carbons (Fsp3) is 0.500. The van der Waals surface area contributed by atoms with Crippen LogP contribution in [0.25, 0.3) is 0 Å². The summed E-state index contributed by atoms with van der Waals surface area (Å²) >= 11 is 0. The molecule has 0 fully saturated rings. The van der Waals surface area contributed by atoms with Gasteiger partial charge in [0.2, 0.25) is 0 Å². The Morgan fingerprint density at radius 1 is 1.35 bits per heavy atom. The number of hydrogen-bond donors (Lipinski definition) is 1. The number of benzene rings is 1. The van der Waals surface area contributed by atoms with Crippen molar-refractivity contribution in [1.82, 2.24) is 5.32 Å². The second-order valence-electron chi connectivity index (χ2n) is 4.00. The third-order valence-corrected chi connectivity index (χ3v) is 2.25. The van der Waals surface area contributed by atoms with Crippen LogP contribution in [0.15, 0.2) is 24.3 Å². The summed E-state index contributed by atoms with van der Waals surface area (Å²) in [4.78, 5) is 0. The molecule has 0 aliphatic carbocycles. The number of halogens is 3. The summed E-state index contributed by atoms with van der Waals surface area (Å²) in [6.45, 7) is 3.12. The normalized spacial score (nSPS) is 13.5. The Bertz CT molecular complexity index is 352. The highest BCUT2D eigenvalue weighted by Crippen LogP contribution is 2.31. The van der Waals surface area contributed by atoms with Crippen LogP contribution in [-0.4, -0.2) is 20.2 Å². The van der Waals surface area contributed by atoms with E-state index in [4.69, 9.17) is 4.74 Å². The maximum Gasteiger partial charge on any atom is 0.416 e. The molecule has 0 saturated carbocycles. The lowest BCUT2D eigenvalue weighted by Gasteiger charge is -2.13. The summed E-state index contributed by atoms with van der Waals surface area (Å²) in [5.74, 6) is 0.498. The highest BCUT2D eigenvalue weighted by Gasteiger charge is 2.30. The summed E-state index contributed by atoms with van der Waals surface area (Å²) in [5, 5.41) is 2.98. The lowest BCUT2D eigenvalue weighted by molar-refractivity contribution is -0.137.